The Hall–Kier alpha value is -2.28. The molecule has 0 unspecified atom stereocenters. The van der Waals surface area contributed by atoms with Gasteiger partial charge in [-0.15, -0.1) is 0 Å². The molecule has 1 N–H and O–H groups in total. The summed E-state index contributed by atoms with van der Waals surface area (Å²) >= 11 is 0. The molecule has 0 bridgehead atoms. The number of hydrogen-bond donors (Lipinski definition) is 1. The zero-order valence-corrected chi connectivity index (χ0v) is 13.9. The van der Waals surface area contributed by atoms with Gasteiger partial charge in [0.1, 0.15) is 6.61 Å². The summed E-state index contributed by atoms with van der Waals surface area (Å²) in [5.41, 5.74) is 1.27. The third-order valence-electron chi connectivity index (χ3n) is 4.26. The van der Waals surface area contributed by atoms with Crippen molar-refractivity contribution in [3.63, 3.8) is 0 Å². The van der Waals surface area contributed by atoms with Gasteiger partial charge in [0, 0.05) is 19.7 Å². The molecule has 24 heavy (non-hydrogen) atoms. The van der Waals surface area contributed by atoms with Crippen LogP contribution in [0.3, 0.4) is 0 Å². The van der Waals surface area contributed by atoms with Gasteiger partial charge in [0.2, 0.25) is 0 Å². The maximum Gasteiger partial charge on any atom is 0.414 e. The van der Waals surface area contributed by atoms with Crippen LogP contribution in [-0.4, -0.2) is 56.0 Å². The third kappa shape index (κ3) is 3.62. The van der Waals surface area contributed by atoms with Gasteiger partial charge in [0.05, 0.1) is 24.0 Å². The van der Waals surface area contributed by atoms with E-state index in [1.165, 1.54) is 4.90 Å². The lowest BCUT2D eigenvalue weighted by Crippen LogP contribution is -2.45. The number of carbonyl (C=O) groups is 2. The molecule has 2 aliphatic heterocycles. The number of hydrogen-bond acceptors (Lipinski definition) is 4. The molecule has 0 radical (unpaired) electrons. The summed E-state index contributed by atoms with van der Waals surface area (Å²) in [6.45, 7) is 4.77. The molecule has 3 rings (SSSR count). The Labute approximate surface area is 141 Å². The zero-order valence-electron chi connectivity index (χ0n) is 13.9. The summed E-state index contributed by atoms with van der Waals surface area (Å²) in [6, 6.07) is 7.10. The number of para-hydroxylation sites is 2. The van der Waals surface area contributed by atoms with Crippen molar-refractivity contribution in [1.29, 1.82) is 0 Å². The fourth-order valence-electron chi connectivity index (χ4n) is 3.12. The molecular formula is C17H23N3O4. The largest absolute Gasteiger partial charge is 0.447 e. The SMILES string of the molecule is CCO[C@@H]1CCCN(C(=O)Nc2ccccc2N2CCOC2=O)C1. The van der Waals surface area contributed by atoms with E-state index >= 15 is 0 Å². The van der Waals surface area contributed by atoms with Crippen LogP contribution in [-0.2, 0) is 9.47 Å². The van der Waals surface area contributed by atoms with Crippen molar-refractivity contribution in [3.8, 4) is 0 Å². The zero-order chi connectivity index (χ0) is 16.9. The van der Waals surface area contributed by atoms with E-state index in [2.05, 4.69) is 5.32 Å². The highest BCUT2D eigenvalue weighted by Crippen LogP contribution is 2.28. The second-order valence-corrected chi connectivity index (χ2v) is 5.88. The van der Waals surface area contributed by atoms with E-state index < -0.39 is 0 Å². The minimum absolute atomic E-state index is 0.0957. The van der Waals surface area contributed by atoms with Crippen molar-refractivity contribution in [2.45, 2.75) is 25.9 Å². The number of carbonyl (C=O) groups excluding carboxylic acids is 2. The summed E-state index contributed by atoms with van der Waals surface area (Å²) in [4.78, 5) is 27.7. The highest BCUT2D eigenvalue weighted by molar-refractivity contribution is 5.99. The summed E-state index contributed by atoms with van der Waals surface area (Å²) in [6.07, 6.45) is 1.62. The summed E-state index contributed by atoms with van der Waals surface area (Å²) in [7, 11) is 0. The number of amides is 3. The molecule has 130 valence electrons. The average molecular weight is 333 g/mol. The summed E-state index contributed by atoms with van der Waals surface area (Å²) in [5.74, 6) is 0. The second kappa shape index (κ2) is 7.53. The van der Waals surface area contributed by atoms with Crippen LogP contribution in [0.15, 0.2) is 24.3 Å². The first kappa shape index (κ1) is 16.6. The molecule has 1 aromatic carbocycles. The van der Waals surface area contributed by atoms with Gasteiger partial charge < -0.3 is 19.7 Å². The lowest BCUT2D eigenvalue weighted by atomic mass is 10.1. The van der Waals surface area contributed by atoms with E-state index in [9.17, 15) is 9.59 Å². The van der Waals surface area contributed by atoms with E-state index in [0.29, 0.717) is 44.2 Å². The van der Waals surface area contributed by atoms with E-state index in [-0.39, 0.29) is 18.2 Å². The molecule has 7 nitrogen and oxygen atoms in total. The van der Waals surface area contributed by atoms with Crippen molar-refractivity contribution >= 4 is 23.5 Å². The van der Waals surface area contributed by atoms with Crippen LogP contribution in [0.5, 0.6) is 0 Å². The minimum Gasteiger partial charge on any atom is -0.447 e. The van der Waals surface area contributed by atoms with Crippen LogP contribution in [0.4, 0.5) is 21.0 Å². The van der Waals surface area contributed by atoms with E-state index in [4.69, 9.17) is 9.47 Å². The number of nitrogens with one attached hydrogen (secondary N) is 1. The maximum absolute atomic E-state index is 12.6. The standard InChI is InChI=1S/C17H23N3O4/c1-2-23-13-6-5-9-19(12-13)16(21)18-14-7-3-4-8-15(14)20-10-11-24-17(20)22/h3-4,7-8,13H,2,5-6,9-12H2,1H3,(H,18,21)/t13-/m1/s1. The third-order valence-corrected chi connectivity index (χ3v) is 4.26. The number of likely N-dealkylation sites (tertiary alicyclic amines) is 1. The molecule has 0 aromatic heterocycles. The predicted molar refractivity (Wildman–Crippen MR) is 90.4 cm³/mol. The van der Waals surface area contributed by atoms with E-state index in [1.54, 1.807) is 17.0 Å². The van der Waals surface area contributed by atoms with Gasteiger partial charge in [0.25, 0.3) is 0 Å². The van der Waals surface area contributed by atoms with Crippen molar-refractivity contribution in [3.05, 3.63) is 24.3 Å². The minimum atomic E-state index is -0.383. The van der Waals surface area contributed by atoms with Crippen molar-refractivity contribution in [2.75, 3.05) is 43.1 Å². The van der Waals surface area contributed by atoms with Crippen LogP contribution in [0.2, 0.25) is 0 Å². The Balaban J connectivity index is 1.69. The first-order valence-electron chi connectivity index (χ1n) is 8.40. The predicted octanol–water partition coefficient (Wildman–Crippen LogP) is 2.68. The number of urea groups is 1. The second-order valence-electron chi connectivity index (χ2n) is 5.88. The molecule has 0 aliphatic carbocycles. The van der Waals surface area contributed by atoms with Gasteiger partial charge >= 0.3 is 12.1 Å². The Morgan fingerprint density at radius 2 is 2.21 bits per heavy atom. The molecule has 0 spiro atoms. The lowest BCUT2D eigenvalue weighted by molar-refractivity contribution is 0.0181. The maximum atomic E-state index is 12.6. The Bertz CT molecular complexity index is 605. The Morgan fingerprint density at radius 1 is 1.38 bits per heavy atom. The molecule has 0 saturated carbocycles. The van der Waals surface area contributed by atoms with Gasteiger partial charge in [-0.05, 0) is 31.9 Å². The van der Waals surface area contributed by atoms with Crippen molar-refractivity contribution in [1.82, 2.24) is 4.90 Å². The summed E-state index contributed by atoms with van der Waals surface area (Å²) < 4.78 is 10.6. The smallest absolute Gasteiger partial charge is 0.414 e. The van der Waals surface area contributed by atoms with Gasteiger partial charge in [-0.3, -0.25) is 4.90 Å². The monoisotopic (exact) mass is 333 g/mol. The van der Waals surface area contributed by atoms with Crippen LogP contribution < -0.4 is 10.2 Å². The molecule has 1 atom stereocenters. The van der Waals surface area contributed by atoms with E-state index in [0.717, 1.165) is 12.8 Å². The van der Waals surface area contributed by atoms with E-state index in [1.807, 2.05) is 19.1 Å². The number of ether oxygens (including phenoxy) is 2. The first-order valence-corrected chi connectivity index (χ1v) is 8.40. The molecule has 3 amide bonds. The number of piperidine rings is 1. The van der Waals surface area contributed by atoms with Crippen molar-refractivity contribution in [2.24, 2.45) is 0 Å². The lowest BCUT2D eigenvalue weighted by Gasteiger charge is -2.32. The van der Waals surface area contributed by atoms with Gasteiger partial charge in [-0.2, -0.15) is 0 Å². The highest BCUT2D eigenvalue weighted by Gasteiger charge is 2.28. The Morgan fingerprint density at radius 3 is 2.96 bits per heavy atom. The number of cyclic esters (lactones) is 1. The van der Waals surface area contributed by atoms with Gasteiger partial charge in [-0.25, -0.2) is 9.59 Å². The first-order chi connectivity index (χ1) is 11.7. The van der Waals surface area contributed by atoms with Crippen LogP contribution in [0.25, 0.3) is 0 Å². The molecule has 7 heteroatoms. The Kier molecular flexibility index (Phi) is 5.20. The highest BCUT2D eigenvalue weighted by atomic mass is 16.6. The van der Waals surface area contributed by atoms with Gasteiger partial charge in [0.15, 0.2) is 0 Å². The molecule has 2 aliphatic rings. The topological polar surface area (TPSA) is 71.1 Å². The average Bonchev–Trinajstić information content (AvgIpc) is 3.02. The number of anilines is 2. The van der Waals surface area contributed by atoms with Crippen LogP contribution in [0.1, 0.15) is 19.8 Å². The van der Waals surface area contributed by atoms with Crippen molar-refractivity contribution < 1.29 is 19.1 Å². The number of benzene rings is 1. The quantitative estimate of drug-likeness (QED) is 0.919. The molecular weight excluding hydrogens is 310 g/mol. The fraction of sp³-hybridized carbons (Fsp3) is 0.529. The van der Waals surface area contributed by atoms with Crippen LogP contribution >= 0.6 is 0 Å². The number of nitrogens with zero attached hydrogens (tertiary/aromatic N) is 2. The molecule has 1 aromatic rings. The van der Waals surface area contributed by atoms with Gasteiger partial charge in [-0.1, -0.05) is 12.1 Å². The molecule has 2 heterocycles. The molecule has 2 saturated heterocycles. The van der Waals surface area contributed by atoms with Crippen LogP contribution in [0, 0.1) is 0 Å². The normalized spacial score (nSPS) is 20.9. The summed E-state index contributed by atoms with van der Waals surface area (Å²) in [5, 5.41) is 2.92. The molecule has 2 fully saturated rings. The fourth-order valence-corrected chi connectivity index (χ4v) is 3.12. The number of rotatable bonds is 4.